The molecule has 0 bridgehead atoms. The molecular weight excluding hydrogens is 214 g/mol. The Labute approximate surface area is 95.7 Å². The maximum atomic E-state index is 11.1. The van der Waals surface area contributed by atoms with Crippen LogP contribution in [0.25, 0.3) is 0 Å². The molecule has 0 radical (unpaired) electrons. The molecule has 0 aliphatic carbocycles. The molecule has 16 heavy (non-hydrogen) atoms. The molecule has 96 valence electrons. The predicted octanol–water partition coefficient (Wildman–Crippen LogP) is -0.708. The minimum atomic E-state index is -1.13. The van der Waals surface area contributed by atoms with E-state index < -0.39 is 12.1 Å². The molecule has 0 aliphatic rings. The molecule has 0 amide bonds. The Bertz CT molecular complexity index is 177. The van der Waals surface area contributed by atoms with E-state index in [-0.39, 0.29) is 19.6 Å². The Morgan fingerprint density at radius 3 is 2.69 bits per heavy atom. The maximum absolute atomic E-state index is 11.1. The first-order valence-corrected chi connectivity index (χ1v) is 5.33. The van der Waals surface area contributed by atoms with Gasteiger partial charge in [-0.1, -0.05) is 0 Å². The lowest BCUT2D eigenvalue weighted by Crippen LogP contribution is -2.27. The molecule has 0 aromatic carbocycles. The van der Waals surface area contributed by atoms with Crippen LogP contribution in [0.4, 0.5) is 0 Å². The van der Waals surface area contributed by atoms with E-state index in [2.05, 4.69) is 0 Å². The molecule has 1 unspecified atom stereocenters. The summed E-state index contributed by atoms with van der Waals surface area (Å²) in [6.45, 7) is 1.94. The highest BCUT2D eigenvalue weighted by Gasteiger charge is 2.14. The van der Waals surface area contributed by atoms with Gasteiger partial charge in [0.25, 0.3) is 0 Å². The van der Waals surface area contributed by atoms with E-state index in [9.17, 15) is 9.90 Å². The summed E-state index contributed by atoms with van der Waals surface area (Å²) in [6, 6.07) is 0. The number of hydrogen-bond donors (Lipinski definition) is 2. The van der Waals surface area contributed by atoms with Gasteiger partial charge in [0, 0.05) is 20.3 Å². The smallest absolute Gasteiger partial charge is 0.335 e. The lowest BCUT2D eigenvalue weighted by Gasteiger charge is -2.09. The highest BCUT2D eigenvalue weighted by molar-refractivity contribution is 5.74. The number of carbonyl (C=O) groups excluding carboxylic acids is 1. The van der Waals surface area contributed by atoms with Gasteiger partial charge in [-0.05, 0) is 19.4 Å². The number of rotatable bonds is 10. The number of carbonyl (C=O) groups is 1. The second-order valence-electron chi connectivity index (χ2n) is 3.22. The van der Waals surface area contributed by atoms with Gasteiger partial charge in [-0.2, -0.15) is 0 Å². The summed E-state index contributed by atoms with van der Waals surface area (Å²) in [6.07, 6.45) is -0.105. The van der Waals surface area contributed by atoms with Crippen molar-refractivity contribution in [2.24, 2.45) is 5.73 Å². The molecule has 0 rings (SSSR count). The van der Waals surface area contributed by atoms with Crippen molar-refractivity contribution in [3.8, 4) is 0 Å². The highest BCUT2D eigenvalue weighted by atomic mass is 16.6. The molecule has 0 saturated heterocycles. The third-order valence-corrected chi connectivity index (χ3v) is 1.82. The number of aliphatic hydroxyl groups excluding tert-OH is 1. The largest absolute Gasteiger partial charge is 0.461 e. The predicted molar refractivity (Wildman–Crippen MR) is 57.9 cm³/mol. The minimum Gasteiger partial charge on any atom is -0.461 e. The van der Waals surface area contributed by atoms with Crippen molar-refractivity contribution >= 4 is 5.97 Å². The fourth-order valence-electron chi connectivity index (χ4n) is 0.980. The molecule has 0 fully saturated rings. The topological polar surface area (TPSA) is 91.0 Å². The number of methoxy groups -OCH3 is 1. The Hall–Kier alpha value is -0.690. The molecule has 0 heterocycles. The molecule has 3 N–H and O–H groups in total. The molecule has 0 aromatic rings. The van der Waals surface area contributed by atoms with Crippen LogP contribution >= 0.6 is 0 Å². The molecule has 0 aromatic heterocycles. The van der Waals surface area contributed by atoms with Crippen LogP contribution < -0.4 is 5.73 Å². The van der Waals surface area contributed by atoms with Crippen LogP contribution in [0, 0.1) is 0 Å². The summed E-state index contributed by atoms with van der Waals surface area (Å²) < 4.78 is 14.8. The van der Waals surface area contributed by atoms with Gasteiger partial charge in [0.1, 0.15) is 6.61 Å². The van der Waals surface area contributed by atoms with E-state index in [0.29, 0.717) is 19.8 Å². The number of hydrogen-bond acceptors (Lipinski definition) is 6. The third kappa shape index (κ3) is 8.60. The second-order valence-corrected chi connectivity index (χ2v) is 3.22. The van der Waals surface area contributed by atoms with Crippen LogP contribution in [-0.2, 0) is 19.0 Å². The van der Waals surface area contributed by atoms with Gasteiger partial charge >= 0.3 is 5.97 Å². The number of aliphatic hydroxyl groups is 1. The monoisotopic (exact) mass is 235 g/mol. The fraction of sp³-hybridized carbons (Fsp3) is 0.900. The Balaban J connectivity index is 3.27. The molecule has 6 heteroatoms. The highest BCUT2D eigenvalue weighted by Crippen LogP contribution is 1.93. The number of esters is 1. The summed E-state index contributed by atoms with van der Waals surface area (Å²) in [4.78, 5) is 11.1. The minimum absolute atomic E-state index is 0.146. The zero-order valence-electron chi connectivity index (χ0n) is 9.68. The summed E-state index contributed by atoms with van der Waals surface area (Å²) in [5, 5.41) is 9.18. The van der Waals surface area contributed by atoms with E-state index in [1.165, 1.54) is 0 Å². The lowest BCUT2D eigenvalue weighted by molar-refractivity contribution is -0.155. The van der Waals surface area contributed by atoms with Crippen molar-refractivity contribution < 1.29 is 24.1 Å². The van der Waals surface area contributed by atoms with Crippen molar-refractivity contribution in [2.75, 3.05) is 40.1 Å². The summed E-state index contributed by atoms with van der Waals surface area (Å²) in [5.41, 5.74) is 5.19. The van der Waals surface area contributed by atoms with E-state index in [1.807, 2.05) is 0 Å². The number of nitrogens with two attached hydrogens (primary N) is 1. The average molecular weight is 235 g/mol. The molecular formula is C10H21NO5. The molecule has 0 spiro atoms. The summed E-state index contributed by atoms with van der Waals surface area (Å²) in [7, 11) is 1.63. The zero-order valence-corrected chi connectivity index (χ0v) is 9.68. The second kappa shape index (κ2) is 10.8. The average Bonchev–Trinajstić information content (AvgIpc) is 2.28. The van der Waals surface area contributed by atoms with Crippen molar-refractivity contribution in [1.82, 2.24) is 0 Å². The first-order chi connectivity index (χ1) is 7.72. The Morgan fingerprint density at radius 1 is 1.31 bits per heavy atom. The van der Waals surface area contributed by atoms with E-state index in [4.69, 9.17) is 19.9 Å². The Morgan fingerprint density at radius 2 is 2.06 bits per heavy atom. The van der Waals surface area contributed by atoms with Crippen LogP contribution in [-0.4, -0.2) is 57.3 Å². The molecule has 6 nitrogen and oxygen atoms in total. The van der Waals surface area contributed by atoms with Gasteiger partial charge in [-0.3, -0.25) is 0 Å². The van der Waals surface area contributed by atoms with E-state index in [0.717, 1.165) is 6.42 Å². The van der Waals surface area contributed by atoms with Crippen LogP contribution in [0.15, 0.2) is 0 Å². The first-order valence-electron chi connectivity index (χ1n) is 5.33. The van der Waals surface area contributed by atoms with Gasteiger partial charge in [-0.15, -0.1) is 0 Å². The number of ether oxygens (including phenoxy) is 3. The van der Waals surface area contributed by atoms with Crippen LogP contribution in [0.5, 0.6) is 0 Å². The standard InChI is InChI=1S/C10H21NO5/c1-14-5-2-6-15-7-8-16-10(13)9(12)3-4-11/h9,12H,2-8,11H2,1H3. The van der Waals surface area contributed by atoms with Crippen LogP contribution in [0.1, 0.15) is 12.8 Å². The zero-order chi connectivity index (χ0) is 12.2. The maximum Gasteiger partial charge on any atom is 0.335 e. The molecule has 0 saturated carbocycles. The van der Waals surface area contributed by atoms with Crippen LogP contribution in [0.2, 0.25) is 0 Å². The molecule has 1 atom stereocenters. The first kappa shape index (κ1) is 15.3. The van der Waals surface area contributed by atoms with Gasteiger partial charge in [0.05, 0.1) is 6.61 Å². The third-order valence-electron chi connectivity index (χ3n) is 1.82. The van der Waals surface area contributed by atoms with Gasteiger partial charge in [0.15, 0.2) is 6.10 Å². The van der Waals surface area contributed by atoms with E-state index in [1.54, 1.807) is 7.11 Å². The quantitative estimate of drug-likeness (QED) is 0.384. The fourth-order valence-corrected chi connectivity index (χ4v) is 0.980. The van der Waals surface area contributed by atoms with Crippen molar-refractivity contribution in [3.63, 3.8) is 0 Å². The van der Waals surface area contributed by atoms with E-state index >= 15 is 0 Å². The van der Waals surface area contributed by atoms with Crippen molar-refractivity contribution in [1.29, 1.82) is 0 Å². The van der Waals surface area contributed by atoms with Gasteiger partial charge in [-0.25, -0.2) is 4.79 Å². The Kier molecular flexibility index (Phi) is 10.3. The van der Waals surface area contributed by atoms with Gasteiger partial charge in [0.2, 0.25) is 0 Å². The lowest BCUT2D eigenvalue weighted by atomic mass is 10.2. The van der Waals surface area contributed by atoms with Crippen LogP contribution in [0.3, 0.4) is 0 Å². The van der Waals surface area contributed by atoms with Gasteiger partial charge < -0.3 is 25.1 Å². The SMILES string of the molecule is COCCCOCCOC(=O)C(O)CCN. The van der Waals surface area contributed by atoms with Crippen molar-refractivity contribution in [2.45, 2.75) is 18.9 Å². The van der Waals surface area contributed by atoms with Crippen molar-refractivity contribution in [3.05, 3.63) is 0 Å². The molecule has 0 aliphatic heterocycles. The normalized spacial score (nSPS) is 12.4. The summed E-state index contributed by atoms with van der Waals surface area (Å²) in [5.74, 6) is -0.647. The summed E-state index contributed by atoms with van der Waals surface area (Å²) >= 11 is 0.